The highest BCUT2D eigenvalue weighted by Crippen LogP contribution is 2.25. The molecule has 3 N–H and O–H groups in total. The van der Waals surface area contributed by atoms with Gasteiger partial charge in [-0.1, -0.05) is 5.16 Å². The van der Waals surface area contributed by atoms with Gasteiger partial charge in [-0.2, -0.15) is 16.3 Å². The van der Waals surface area contributed by atoms with Crippen LogP contribution in [0.15, 0.2) is 15.3 Å². The van der Waals surface area contributed by atoms with E-state index in [4.69, 9.17) is 15.4 Å². The van der Waals surface area contributed by atoms with Crippen molar-refractivity contribution in [2.24, 2.45) is 5.73 Å². The minimum Gasteiger partial charge on any atom is -0.396 e. The molecule has 16 heavy (non-hydrogen) atoms. The third-order valence-corrected chi connectivity index (χ3v) is 3.16. The van der Waals surface area contributed by atoms with Crippen LogP contribution in [0.5, 0.6) is 0 Å². The van der Waals surface area contributed by atoms with Gasteiger partial charge in [0.05, 0.1) is 6.04 Å². The Hall–Kier alpha value is -1.24. The number of aromatic nitrogens is 2. The molecule has 2 aromatic rings. The molecule has 86 valence electrons. The summed E-state index contributed by atoms with van der Waals surface area (Å²) in [5, 5.41) is 16.6. The van der Waals surface area contributed by atoms with Crippen LogP contribution < -0.4 is 5.73 Å². The van der Waals surface area contributed by atoms with E-state index >= 15 is 0 Å². The Morgan fingerprint density at radius 1 is 1.56 bits per heavy atom. The van der Waals surface area contributed by atoms with E-state index in [1.165, 1.54) is 0 Å². The molecule has 0 amide bonds. The first-order chi connectivity index (χ1) is 7.72. The molecule has 0 saturated heterocycles. The van der Waals surface area contributed by atoms with Crippen molar-refractivity contribution in [3.8, 4) is 11.4 Å². The maximum absolute atomic E-state index is 8.76. The first-order valence-electron chi connectivity index (χ1n) is 4.95. The zero-order valence-corrected chi connectivity index (χ0v) is 9.70. The van der Waals surface area contributed by atoms with Crippen molar-refractivity contribution in [3.63, 3.8) is 0 Å². The van der Waals surface area contributed by atoms with E-state index in [1.54, 1.807) is 11.3 Å². The van der Waals surface area contributed by atoms with Crippen molar-refractivity contribution >= 4 is 11.3 Å². The Morgan fingerprint density at radius 3 is 3.00 bits per heavy atom. The lowest BCUT2D eigenvalue weighted by Gasteiger charge is -2.01. The van der Waals surface area contributed by atoms with E-state index in [1.807, 2.05) is 17.7 Å². The number of aliphatic hydroxyl groups is 1. The standard InChI is InChI=1S/C10H13N3O2S/c1-6-4-16-5-7(6)9-12-10(15-13-9)8(11)2-3-14/h4-5,8,14H,2-3,11H2,1H3. The molecule has 2 heterocycles. The molecule has 0 saturated carbocycles. The van der Waals surface area contributed by atoms with Gasteiger partial charge in [0.2, 0.25) is 11.7 Å². The molecule has 0 aromatic carbocycles. The summed E-state index contributed by atoms with van der Waals surface area (Å²) in [6.07, 6.45) is 0.421. The number of hydrogen-bond acceptors (Lipinski definition) is 6. The molecule has 0 aliphatic heterocycles. The molecule has 0 aliphatic carbocycles. The molecule has 0 bridgehead atoms. The lowest BCUT2D eigenvalue weighted by atomic mass is 10.2. The fourth-order valence-corrected chi connectivity index (χ4v) is 2.17. The van der Waals surface area contributed by atoms with Gasteiger partial charge in [0.1, 0.15) is 0 Å². The van der Waals surface area contributed by atoms with E-state index in [0.717, 1.165) is 11.1 Å². The molecule has 1 atom stereocenters. The Balaban J connectivity index is 2.23. The summed E-state index contributed by atoms with van der Waals surface area (Å²) in [4.78, 5) is 4.22. The summed E-state index contributed by atoms with van der Waals surface area (Å²) in [5.41, 5.74) is 7.84. The Kier molecular flexibility index (Phi) is 3.33. The average molecular weight is 239 g/mol. The average Bonchev–Trinajstić information content (AvgIpc) is 2.86. The van der Waals surface area contributed by atoms with Crippen LogP contribution in [-0.4, -0.2) is 21.9 Å². The minimum atomic E-state index is -0.398. The van der Waals surface area contributed by atoms with Crippen molar-refractivity contribution < 1.29 is 9.63 Å². The maximum Gasteiger partial charge on any atom is 0.243 e. The summed E-state index contributed by atoms with van der Waals surface area (Å²) >= 11 is 1.60. The van der Waals surface area contributed by atoms with Crippen molar-refractivity contribution in [2.75, 3.05) is 6.61 Å². The van der Waals surface area contributed by atoms with Gasteiger partial charge < -0.3 is 15.4 Å². The maximum atomic E-state index is 8.76. The van der Waals surface area contributed by atoms with Gasteiger partial charge in [0.25, 0.3) is 0 Å². The lowest BCUT2D eigenvalue weighted by molar-refractivity contribution is 0.259. The van der Waals surface area contributed by atoms with Crippen molar-refractivity contribution in [3.05, 3.63) is 22.2 Å². The highest BCUT2D eigenvalue weighted by Gasteiger charge is 2.16. The number of aliphatic hydroxyl groups excluding tert-OH is 1. The van der Waals surface area contributed by atoms with E-state index < -0.39 is 6.04 Å². The van der Waals surface area contributed by atoms with Crippen LogP contribution >= 0.6 is 11.3 Å². The fourth-order valence-electron chi connectivity index (χ4n) is 1.35. The zero-order valence-electron chi connectivity index (χ0n) is 8.88. The van der Waals surface area contributed by atoms with Crippen LogP contribution in [0.1, 0.15) is 23.9 Å². The first kappa shape index (κ1) is 11.3. The number of nitrogens with two attached hydrogens (primary N) is 1. The molecule has 0 radical (unpaired) electrons. The van der Waals surface area contributed by atoms with Crippen LogP contribution in [-0.2, 0) is 0 Å². The van der Waals surface area contributed by atoms with Crippen LogP contribution in [0.25, 0.3) is 11.4 Å². The highest BCUT2D eigenvalue weighted by atomic mass is 32.1. The van der Waals surface area contributed by atoms with Gasteiger partial charge in [-0.25, -0.2) is 0 Å². The third kappa shape index (κ3) is 2.13. The summed E-state index contributed by atoms with van der Waals surface area (Å²) in [6, 6.07) is -0.398. The van der Waals surface area contributed by atoms with Gasteiger partial charge in [0, 0.05) is 17.6 Å². The number of rotatable bonds is 4. The Morgan fingerprint density at radius 2 is 2.38 bits per heavy atom. The molecule has 0 aliphatic rings. The minimum absolute atomic E-state index is 0.0103. The molecule has 5 nitrogen and oxygen atoms in total. The van der Waals surface area contributed by atoms with Gasteiger partial charge >= 0.3 is 0 Å². The second-order valence-corrected chi connectivity index (χ2v) is 4.29. The topological polar surface area (TPSA) is 85.2 Å². The zero-order chi connectivity index (χ0) is 11.5. The van der Waals surface area contributed by atoms with Gasteiger partial charge in [0.15, 0.2) is 0 Å². The number of nitrogens with zero attached hydrogens (tertiary/aromatic N) is 2. The summed E-state index contributed by atoms with van der Waals surface area (Å²) in [5.74, 6) is 0.928. The molecular weight excluding hydrogens is 226 g/mol. The van der Waals surface area contributed by atoms with Crippen molar-refractivity contribution in [1.29, 1.82) is 0 Å². The molecule has 1 unspecified atom stereocenters. The van der Waals surface area contributed by atoms with E-state index in [2.05, 4.69) is 10.1 Å². The van der Waals surface area contributed by atoms with E-state index in [9.17, 15) is 0 Å². The number of hydrogen-bond donors (Lipinski definition) is 2. The van der Waals surface area contributed by atoms with Crippen molar-refractivity contribution in [2.45, 2.75) is 19.4 Å². The summed E-state index contributed by atoms with van der Waals surface area (Å²) < 4.78 is 5.07. The Labute approximate surface area is 96.9 Å². The smallest absolute Gasteiger partial charge is 0.243 e. The van der Waals surface area contributed by atoms with Crippen molar-refractivity contribution in [1.82, 2.24) is 10.1 Å². The molecule has 0 spiro atoms. The number of thiophene rings is 1. The second-order valence-electron chi connectivity index (χ2n) is 3.54. The van der Waals surface area contributed by atoms with Crippen LogP contribution in [0.3, 0.4) is 0 Å². The van der Waals surface area contributed by atoms with Crippen LogP contribution in [0.2, 0.25) is 0 Å². The quantitative estimate of drug-likeness (QED) is 0.844. The first-order valence-corrected chi connectivity index (χ1v) is 5.90. The highest BCUT2D eigenvalue weighted by molar-refractivity contribution is 7.08. The summed E-state index contributed by atoms with van der Waals surface area (Å²) in [7, 11) is 0. The largest absolute Gasteiger partial charge is 0.396 e. The molecule has 0 fully saturated rings. The van der Waals surface area contributed by atoms with Crippen LogP contribution in [0.4, 0.5) is 0 Å². The molecule has 2 rings (SSSR count). The SMILES string of the molecule is Cc1cscc1-c1noc(C(N)CCO)n1. The van der Waals surface area contributed by atoms with E-state index in [0.29, 0.717) is 18.1 Å². The molecular formula is C10H13N3O2S. The number of aryl methyl sites for hydroxylation is 1. The van der Waals surface area contributed by atoms with Gasteiger partial charge in [-0.15, -0.1) is 0 Å². The predicted octanol–water partition coefficient (Wildman–Crippen LogP) is 1.49. The summed E-state index contributed by atoms with van der Waals surface area (Å²) in [6.45, 7) is 2.01. The Bertz CT molecular complexity index is 466. The molecule has 2 aromatic heterocycles. The predicted molar refractivity (Wildman–Crippen MR) is 61.0 cm³/mol. The third-order valence-electron chi connectivity index (χ3n) is 2.30. The monoisotopic (exact) mass is 239 g/mol. The lowest BCUT2D eigenvalue weighted by Crippen LogP contribution is -2.12. The fraction of sp³-hybridized carbons (Fsp3) is 0.400. The van der Waals surface area contributed by atoms with Gasteiger partial charge in [-0.05, 0) is 24.3 Å². The second kappa shape index (κ2) is 4.73. The molecule has 6 heteroatoms. The van der Waals surface area contributed by atoms with Crippen LogP contribution in [0, 0.1) is 6.92 Å². The van der Waals surface area contributed by atoms with Gasteiger partial charge in [-0.3, -0.25) is 0 Å². The van der Waals surface area contributed by atoms with E-state index in [-0.39, 0.29) is 6.61 Å². The normalized spacial score (nSPS) is 12.9.